The summed E-state index contributed by atoms with van der Waals surface area (Å²) in [6, 6.07) is 8.14. The summed E-state index contributed by atoms with van der Waals surface area (Å²) in [4.78, 5) is 12.5. The molecule has 1 saturated carbocycles. The number of hydrogen-bond donors (Lipinski definition) is 1. The standard InChI is InChI=1S/C22H30N4O3S/c1-28-18-11-9-16(10-12-18)21-24-25-22(26(21)14-19-8-5-13-29-19)30-15-20(27)23-17-6-3-2-4-7-17/h9-12,17,19H,2-8,13-15H2,1H3,(H,23,27). The van der Waals surface area contributed by atoms with Gasteiger partial charge in [0.25, 0.3) is 0 Å². The summed E-state index contributed by atoms with van der Waals surface area (Å²) in [7, 11) is 1.65. The van der Waals surface area contributed by atoms with Gasteiger partial charge in [-0.15, -0.1) is 10.2 Å². The van der Waals surface area contributed by atoms with Crippen molar-refractivity contribution in [2.24, 2.45) is 0 Å². The van der Waals surface area contributed by atoms with Gasteiger partial charge in [-0.05, 0) is 49.9 Å². The number of rotatable bonds is 8. The molecule has 0 bridgehead atoms. The Morgan fingerprint density at radius 3 is 2.67 bits per heavy atom. The lowest BCUT2D eigenvalue weighted by Crippen LogP contribution is -2.37. The third-order valence-electron chi connectivity index (χ3n) is 5.78. The Labute approximate surface area is 181 Å². The van der Waals surface area contributed by atoms with Crippen molar-refractivity contribution in [2.75, 3.05) is 19.5 Å². The molecule has 30 heavy (non-hydrogen) atoms. The maximum absolute atomic E-state index is 12.5. The van der Waals surface area contributed by atoms with E-state index >= 15 is 0 Å². The Morgan fingerprint density at radius 2 is 1.97 bits per heavy atom. The molecule has 1 amide bonds. The van der Waals surface area contributed by atoms with Crippen LogP contribution in [0.1, 0.15) is 44.9 Å². The first kappa shape index (κ1) is 21.2. The highest BCUT2D eigenvalue weighted by Crippen LogP contribution is 2.28. The largest absolute Gasteiger partial charge is 0.497 e. The number of amides is 1. The van der Waals surface area contributed by atoms with Gasteiger partial charge < -0.3 is 14.8 Å². The molecule has 1 atom stereocenters. The maximum atomic E-state index is 12.5. The van der Waals surface area contributed by atoms with E-state index in [0.29, 0.717) is 18.3 Å². The molecule has 1 aliphatic carbocycles. The summed E-state index contributed by atoms with van der Waals surface area (Å²) in [6.45, 7) is 1.50. The van der Waals surface area contributed by atoms with Gasteiger partial charge in [0.15, 0.2) is 11.0 Å². The predicted molar refractivity (Wildman–Crippen MR) is 117 cm³/mol. The van der Waals surface area contributed by atoms with Gasteiger partial charge in [-0.25, -0.2) is 0 Å². The quantitative estimate of drug-likeness (QED) is 0.644. The SMILES string of the molecule is COc1ccc(-c2nnc(SCC(=O)NC3CCCCC3)n2CC2CCCO2)cc1. The van der Waals surface area contributed by atoms with Gasteiger partial charge in [-0.2, -0.15) is 0 Å². The number of aromatic nitrogens is 3. The fourth-order valence-electron chi connectivity index (χ4n) is 4.15. The first-order valence-corrected chi connectivity index (χ1v) is 11.8. The summed E-state index contributed by atoms with van der Waals surface area (Å²) >= 11 is 1.45. The Bertz CT molecular complexity index is 827. The smallest absolute Gasteiger partial charge is 0.230 e. The normalized spacial score (nSPS) is 19.7. The van der Waals surface area contributed by atoms with Crippen LogP contribution in [0.4, 0.5) is 0 Å². The van der Waals surface area contributed by atoms with Crippen LogP contribution in [0.3, 0.4) is 0 Å². The Hall–Kier alpha value is -2.06. The fraction of sp³-hybridized carbons (Fsp3) is 0.591. The lowest BCUT2D eigenvalue weighted by Gasteiger charge is -2.22. The highest BCUT2D eigenvalue weighted by Gasteiger charge is 2.23. The molecule has 8 heteroatoms. The molecule has 162 valence electrons. The predicted octanol–water partition coefficient (Wildman–Crippen LogP) is 3.67. The molecule has 0 radical (unpaired) electrons. The van der Waals surface area contributed by atoms with E-state index < -0.39 is 0 Å². The van der Waals surface area contributed by atoms with Crippen LogP contribution < -0.4 is 10.1 Å². The van der Waals surface area contributed by atoms with E-state index in [0.717, 1.165) is 54.6 Å². The van der Waals surface area contributed by atoms with Crippen molar-refractivity contribution < 1.29 is 14.3 Å². The van der Waals surface area contributed by atoms with Crippen LogP contribution in [0.25, 0.3) is 11.4 Å². The minimum atomic E-state index is 0.0737. The highest BCUT2D eigenvalue weighted by molar-refractivity contribution is 7.99. The lowest BCUT2D eigenvalue weighted by atomic mass is 9.95. The molecule has 1 aliphatic heterocycles. The second kappa shape index (κ2) is 10.3. The van der Waals surface area contributed by atoms with Crippen LogP contribution in [-0.4, -0.2) is 52.3 Å². The number of benzene rings is 1. The molecule has 2 aliphatic rings. The van der Waals surface area contributed by atoms with Crippen LogP contribution in [0.5, 0.6) is 5.75 Å². The Balaban J connectivity index is 1.46. The maximum Gasteiger partial charge on any atom is 0.230 e. The molecule has 4 rings (SSSR count). The van der Waals surface area contributed by atoms with E-state index in [2.05, 4.69) is 20.1 Å². The monoisotopic (exact) mass is 430 g/mol. The van der Waals surface area contributed by atoms with Gasteiger partial charge >= 0.3 is 0 Å². The summed E-state index contributed by atoms with van der Waals surface area (Å²) in [5, 5.41) is 12.8. The minimum Gasteiger partial charge on any atom is -0.497 e. The van der Waals surface area contributed by atoms with Crippen molar-refractivity contribution in [2.45, 2.75) is 68.8 Å². The van der Waals surface area contributed by atoms with Crippen LogP contribution in [0, 0.1) is 0 Å². The van der Waals surface area contributed by atoms with Gasteiger partial charge in [-0.1, -0.05) is 31.0 Å². The van der Waals surface area contributed by atoms with E-state index in [1.807, 2.05) is 24.3 Å². The Kier molecular flexibility index (Phi) is 7.28. The van der Waals surface area contributed by atoms with Crippen molar-refractivity contribution >= 4 is 17.7 Å². The number of carbonyl (C=O) groups excluding carboxylic acids is 1. The van der Waals surface area contributed by atoms with Gasteiger partial charge in [0.05, 0.1) is 25.5 Å². The van der Waals surface area contributed by atoms with Crippen molar-refractivity contribution in [1.29, 1.82) is 0 Å². The molecule has 1 saturated heterocycles. The molecule has 1 aromatic heterocycles. The summed E-state index contributed by atoms with van der Waals surface area (Å²) in [5.41, 5.74) is 0.972. The average Bonchev–Trinajstić information content (AvgIpc) is 3.43. The molecule has 2 aromatic rings. The molecule has 0 spiro atoms. The first-order chi connectivity index (χ1) is 14.7. The van der Waals surface area contributed by atoms with Crippen molar-refractivity contribution in [3.05, 3.63) is 24.3 Å². The van der Waals surface area contributed by atoms with Crippen molar-refractivity contribution in [1.82, 2.24) is 20.1 Å². The van der Waals surface area contributed by atoms with Gasteiger partial charge in [0, 0.05) is 18.2 Å². The molecule has 7 nitrogen and oxygen atoms in total. The lowest BCUT2D eigenvalue weighted by molar-refractivity contribution is -0.119. The number of thioether (sulfide) groups is 1. The van der Waals surface area contributed by atoms with Crippen LogP contribution >= 0.6 is 11.8 Å². The van der Waals surface area contributed by atoms with Crippen LogP contribution in [0.15, 0.2) is 29.4 Å². The average molecular weight is 431 g/mol. The zero-order valence-corrected chi connectivity index (χ0v) is 18.3. The van der Waals surface area contributed by atoms with Crippen LogP contribution in [0.2, 0.25) is 0 Å². The summed E-state index contributed by atoms with van der Waals surface area (Å²) < 4.78 is 13.2. The molecule has 2 fully saturated rings. The zero-order valence-electron chi connectivity index (χ0n) is 17.5. The zero-order chi connectivity index (χ0) is 20.8. The number of nitrogens with zero attached hydrogens (tertiary/aromatic N) is 3. The molecular formula is C22H30N4O3S. The van der Waals surface area contributed by atoms with Crippen LogP contribution in [-0.2, 0) is 16.1 Å². The molecule has 1 unspecified atom stereocenters. The molecule has 2 heterocycles. The third-order valence-corrected chi connectivity index (χ3v) is 6.74. The fourth-order valence-corrected chi connectivity index (χ4v) is 4.91. The van der Waals surface area contributed by atoms with Gasteiger partial charge in [0.1, 0.15) is 5.75 Å². The third kappa shape index (κ3) is 5.35. The van der Waals surface area contributed by atoms with E-state index in [1.165, 1.54) is 31.0 Å². The van der Waals surface area contributed by atoms with E-state index in [1.54, 1.807) is 7.11 Å². The number of hydrogen-bond acceptors (Lipinski definition) is 6. The topological polar surface area (TPSA) is 78.3 Å². The number of methoxy groups -OCH3 is 1. The minimum absolute atomic E-state index is 0.0737. The molecular weight excluding hydrogens is 400 g/mol. The second-order valence-corrected chi connectivity index (χ2v) is 8.91. The summed E-state index contributed by atoms with van der Waals surface area (Å²) in [5.74, 6) is 2.02. The van der Waals surface area contributed by atoms with Gasteiger partial charge in [-0.3, -0.25) is 9.36 Å². The van der Waals surface area contributed by atoms with Crippen molar-refractivity contribution in [3.63, 3.8) is 0 Å². The first-order valence-electron chi connectivity index (χ1n) is 10.8. The van der Waals surface area contributed by atoms with Crippen molar-refractivity contribution in [3.8, 4) is 17.1 Å². The summed E-state index contributed by atoms with van der Waals surface area (Å²) in [6.07, 6.45) is 8.15. The van der Waals surface area contributed by atoms with Gasteiger partial charge in [0.2, 0.25) is 5.91 Å². The highest BCUT2D eigenvalue weighted by atomic mass is 32.2. The van der Waals surface area contributed by atoms with E-state index in [4.69, 9.17) is 9.47 Å². The molecule has 1 N–H and O–H groups in total. The number of ether oxygens (including phenoxy) is 2. The van der Waals surface area contributed by atoms with E-state index in [9.17, 15) is 4.79 Å². The number of carbonyl (C=O) groups is 1. The number of nitrogens with one attached hydrogen (secondary N) is 1. The second-order valence-electron chi connectivity index (χ2n) is 7.97. The Morgan fingerprint density at radius 1 is 1.17 bits per heavy atom. The molecule has 1 aromatic carbocycles. The van der Waals surface area contributed by atoms with E-state index in [-0.39, 0.29) is 12.0 Å².